The van der Waals surface area contributed by atoms with Crippen LogP contribution in [-0.2, 0) is 24.9 Å². The molecule has 1 amide bonds. The van der Waals surface area contributed by atoms with E-state index < -0.39 is 5.69 Å². The first-order valence-electron chi connectivity index (χ1n) is 7.16. The molecule has 1 N–H and O–H groups in total. The molecule has 0 unspecified atom stereocenters. The minimum absolute atomic E-state index is 0.162. The summed E-state index contributed by atoms with van der Waals surface area (Å²) in [6.45, 7) is 0.108. The number of hydrogen-bond acceptors (Lipinski definition) is 4. The summed E-state index contributed by atoms with van der Waals surface area (Å²) in [7, 11) is 1.40. The molecule has 0 saturated heterocycles. The highest BCUT2D eigenvalue weighted by atomic mass is 35.5. The molecule has 0 saturated carbocycles. The maximum absolute atomic E-state index is 12.3. The van der Waals surface area contributed by atoms with E-state index in [0.717, 1.165) is 10.1 Å². The zero-order valence-electron chi connectivity index (χ0n) is 12.8. The molecule has 2 heterocycles. The van der Waals surface area contributed by atoms with Gasteiger partial charge in [0.25, 0.3) is 5.56 Å². The number of amides is 1. The monoisotopic (exact) mass is 363 g/mol. The molecule has 124 valence electrons. The van der Waals surface area contributed by atoms with Crippen LogP contribution in [0, 0.1) is 0 Å². The molecule has 0 aliphatic carbocycles. The lowest BCUT2D eigenvalue weighted by Crippen LogP contribution is -2.40. The first-order chi connectivity index (χ1) is 11.5. The average molecular weight is 364 g/mol. The predicted molar refractivity (Wildman–Crippen MR) is 94.6 cm³/mol. The van der Waals surface area contributed by atoms with Crippen molar-refractivity contribution in [2.75, 3.05) is 0 Å². The van der Waals surface area contributed by atoms with E-state index in [4.69, 9.17) is 11.6 Å². The Morgan fingerprint density at radius 1 is 1.25 bits per heavy atom. The zero-order chi connectivity index (χ0) is 17.3. The molecule has 0 radical (unpaired) electrons. The second-order valence-electron chi connectivity index (χ2n) is 5.24. The molecule has 0 aliphatic rings. The Morgan fingerprint density at radius 2 is 2.00 bits per heavy atom. The van der Waals surface area contributed by atoms with Crippen LogP contribution in [-0.4, -0.2) is 15.0 Å². The number of thiophene rings is 1. The smallest absolute Gasteiger partial charge is 0.331 e. The van der Waals surface area contributed by atoms with E-state index in [1.165, 1.54) is 23.0 Å². The number of aromatic nitrogens is 2. The van der Waals surface area contributed by atoms with Crippen LogP contribution in [0.3, 0.4) is 0 Å². The number of fused-ring (bicyclic) bond motifs is 1. The van der Waals surface area contributed by atoms with E-state index >= 15 is 0 Å². The largest absolute Gasteiger partial charge is 0.350 e. The van der Waals surface area contributed by atoms with Crippen molar-refractivity contribution in [3.05, 3.63) is 67.1 Å². The van der Waals surface area contributed by atoms with E-state index in [0.29, 0.717) is 15.2 Å². The molecule has 3 rings (SSSR count). The Morgan fingerprint density at radius 3 is 2.75 bits per heavy atom. The molecule has 3 aromatic rings. The highest BCUT2D eigenvalue weighted by Gasteiger charge is 2.14. The fourth-order valence-electron chi connectivity index (χ4n) is 2.39. The van der Waals surface area contributed by atoms with Gasteiger partial charge in [-0.2, -0.15) is 0 Å². The second-order valence-corrected chi connectivity index (χ2v) is 6.56. The fourth-order valence-corrected chi connectivity index (χ4v) is 3.46. The summed E-state index contributed by atoms with van der Waals surface area (Å²) in [6.07, 6.45) is 0. The van der Waals surface area contributed by atoms with Gasteiger partial charge in [-0.25, -0.2) is 4.79 Å². The lowest BCUT2D eigenvalue weighted by molar-refractivity contribution is -0.121. The molecule has 0 fully saturated rings. The summed E-state index contributed by atoms with van der Waals surface area (Å²) < 4.78 is 2.77. The maximum atomic E-state index is 12.3. The van der Waals surface area contributed by atoms with E-state index in [1.54, 1.807) is 17.5 Å². The number of carbonyl (C=O) groups excluding carboxylic acids is 1. The van der Waals surface area contributed by atoms with Crippen molar-refractivity contribution >= 4 is 39.1 Å². The van der Waals surface area contributed by atoms with Crippen LogP contribution in [0.2, 0.25) is 5.02 Å². The number of nitrogens with one attached hydrogen (secondary N) is 1. The average Bonchev–Trinajstić information content (AvgIpc) is 3.05. The summed E-state index contributed by atoms with van der Waals surface area (Å²) in [4.78, 5) is 36.5. The molecule has 0 aliphatic heterocycles. The van der Waals surface area contributed by atoms with Crippen LogP contribution < -0.4 is 16.6 Å². The van der Waals surface area contributed by atoms with Gasteiger partial charge in [0.2, 0.25) is 5.91 Å². The minimum atomic E-state index is -0.515. The quantitative estimate of drug-likeness (QED) is 0.767. The molecule has 8 heteroatoms. The van der Waals surface area contributed by atoms with Crippen LogP contribution in [0.1, 0.15) is 5.56 Å². The molecule has 0 spiro atoms. The lowest BCUT2D eigenvalue weighted by atomic mass is 10.2. The van der Waals surface area contributed by atoms with Gasteiger partial charge in [-0.3, -0.25) is 18.7 Å². The van der Waals surface area contributed by atoms with Gasteiger partial charge < -0.3 is 5.32 Å². The number of carbonyl (C=O) groups is 1. The summed E-state index contributed by atoms with van der Waals surface area (Å²) in [6, 6.07) is 8.88. The molecular weight excluding hydrogens is 350 g/mol. The van der Waals surface area contributed by atoms with E-state index in [2.05, 4.69) is 5.32 Å². The highest BCUT2D eigenvalue weighted by molar-refractivity contribution is 7.17. The Labute approximate surface area is 145 Å². The number of benzene rings is 1. The normalized spacial score (nSPS) is 10.9. The molecule has 1 aromatic carbocycles. The van der Waals surface area contributed by atoms with Crippen LogP contribution in [0.5, 0.6) is 0 Å². The first-order valence-corrected chi connectivity index (χ1v) is 8.42. The van der Waals surface area contributed by atoms with Crippen molar-refractivity contribution in [3.8, 4) is 0 Å². The number of rotatable bonds is 4. The Hall–Kier alpha value is -2.38. The van der Waals surface area contributed by atoms with Crippen molar-refractivity contribution in [2.45, 2.75) is 13.1 Å². The van der Waals surface area contributed by atoms with Crippen molar-refractivity contribution in [3.63, 3.8) is 0 Å². The lowest BCUT2D eigenvalue weighted by Gasteiger charge is -2.11. The number of hydrogen-bond donors (Lipinski definition) is 1. The van der Waals surface area contributed by atoms with Crippen molar-refractivity contribution in [1.29, 1.82) is 0 Å². The number of nitrogens with zero attached hydrogens (tertiary/aromatic N) is 2. The summed E-state index contributed by atoms with van der Waals surface area (Å²) in [5.41, 5.74) is 0.401. The minimum Gasteiger partial charge on any atom is -0.350 e. The van der Waals surface area contributed by atoms with Gasteiger partial charge in [0.15, 0.2) is 0 Å². The molecule has 24 heavy (non-hydrogen) atoms. The van der Waals surface area contributed by atoms with Crippen LogP contribution >= 0.6 is 22.9 Å². The van der Waals surface area contributed by atoms with E-state index in [9.17, 15) is 14.4 Å². The third kappa shape index (κ3) is 3.00. The van der Waals surface area contributed by atoms with Gasteiger partial charge in [0.05, 0.1) is 5.52 Å². The zero-order valence-corrected chi connectivity index (χ0v) is 14.4. The third-order valence-electron chi connectivity index (χ3n) is 3.69. The Bertz CT molecular complexity index is 1030. The van der Waals surface area contributed by atoms with Crippen LogP contribution in [0.15, 0.2) is 45.3 Å². The van der Waals surface area contributed by atoms with Gasteiger partial charge in [-0.05, 0) is 23.1 Å². The molecule has 2 aromatic heterocycles. The van der Waals surface area contributed by atoms with Gasteiger partial charge in [-0.1, -0.05) is 29.8 Å². The number of halogens is 1. The molecule has 6 nitrogen and oxygen atoms in total. The Balaban J connectivity index is 1.84. The summed E-state index contributed by atoms with van der Waals surface area (Å²) >= 11 is 7.30. The highest BCUT2D eigenvalue weighted by Crippen LogP contribution is 2.15. The van der Waals surface area contributed by atoms with Crippen LogP contribution in [0.4, 0.5) is 0 Å². The maximum Gasteiger partial charge on any atom is 0.331 e. The fraction of sp³-hybridized carbons (Fsp3) is 0.188. The topological polar surface area (TPSA) is 73.1 Å². The van der Waals surface area contributed by atoms with Gasteiger partial charge in [-0.15, -0.1) is 11.3 Å². The van der Waals surface area contributed by atoms with Crippen LogP contribution in [0.25, 0.3) is 10.2 Å². The standard InChI is InChI=1S/C16H14ClN3O3S/c1-19-15(22)14-12(6-7-24-14)20(16(19)23)9-13(21)18-8-10-4-2-3-5-11(10)17/h2-7H,8-9H2,1H3,(H,18,21). The Kier molecular flexibility index (Phi) is 4.55. The van der Waals surface area contributed by atoms with Crippen molar-refractivity contribution in [1.82, 2.24) is 14.5 Å². The molecular formula is C16H14ClN3O3S. The first kappa shape index (κ1) is 16.5. The van der Waals surface area contributed by atoms with Gasteiger partial charge in [0.1, 0.15) is 11.2 Å². The van der Waals surface area contributed by atoms with Gasteiger partial charge in [0, 0.05) is 18.6 Å². The molecule has 0 bridgehead atoms. The third-order valence-corrected chi connectivity index (χ3v) is 4.95. The van der Waals surface area contributed by atoms with Crippen molar-refractivity contribution in [2.24, 2.45) is 7.05 Å². The van der Waals surface area contributed by atoms with Crippen molar-refractivity contribution < 1.29 is 4.79 Å². The predicted octanol–water partition coefficient (Wildman–Crippen LogP) is 1.73. The van der Waals surface area contributed by atoms with Gasteiger partial charge >= 0.3 is 5.69 Å². The summed E-state index contributed by atoms with van der Waals surface area (Å²) in [5.74, 6) is -0.330. The molecule has 0 atom stereocenters. The summed E-state index contributed by atoms with van der Waals surface area (Å²) in [5, 5.41) is 5.03. The SMILES string of the molecule is Cn1c(=O)c2sccc2n(CC(=O)NCc2ccccc2Cl)c1=O. The van der Waals surface area contributed by atoms with E-state index in [-0.39, 0.29) is 24.6 Å². The second kappa shape index (κ2) is 6.62. The van der Waals surface area contributed by atoms with E-state index in [1.807, 2.05) is 18.2 Å².